The van der Waals surface area contributed by atoms with Crippen molar-refractivity contribution < 1.29 is 9.53 Å². The van der Waals surface area contributed by atoms with Gasteiger partial charge in [-0.15, -0.1) is 0 Å². The standard InChI is InChI=1S/C16H28N4O2/c1-11(2)22-16(21)10-20-14(5)15(13(4)18-20)9-19-7-6-17-12(3)8-19/h11-12,17H,6-10H2,1-5H3. The van der Waals surface area contributed by atoms with Crippen molar-refractivity contribution in [3.8, 4) is 0 Å². The van der Waals surface area contributed by atoms with Crippen LogP contribution in [0, 0.1) is 13.8 Å². The zero-order valence-electron chi connectivity index (χ0n) is 14.3. The van der Waals surface area contributed by atoms with Gasteiger partial charge in [0.2, 0.25) is 0 Å². The third-order valence-electron chi connectivity index (χ3n) is 4.01. The fourth-order valence-corrected chi connectivity index (χ4v) is 2.92. The van der Waals surface area contributed by atoms with Crippen molar-refractivity contribution in [3.63, 3.8) is 0 Å². The molecular formula is C16H28N4O2. The maximum absolute atomic E-state index is 11.8. The number of nitrogens with one attached hydrogen (secondary N) is 1. The summed E-state index contributed by atoms with van der Waals surface area (Å²) in [6.07, 6.45) is -0.0914. The molecule has 1 atom stereocenters. The second-order valence-corrected chi connectivity index (χ2v) is 6.44. The van der Waals surface area contributed by atoms with Gasteiger partial charge in [0, 0.05) is 43.5 Å². The molecule has 0 saturated carbocycles. The first-order valence-electron chi connectivity index (χ1n) is 8.05. The minimum Gasteiger partial charge on any atom is -0.462 e. The molecule has 2 heterocycles. The maximum Gasteiger partial charge on any atom is 0.328 e. The Morgan fingerprint density at radius 3 is 2.82 bits per heavy atom. The van der Waals surface area contributed by atoms with Gasteiger partial charge in [-0.1, -0.05) is 0 Å². The highest BCUT2D eigenvalue weighted by molar-refractivity contribution is 5.69. The molecule has 2 rings (SSSR count). The van der Waals surface area contributed by atoms with Crippen LogP contribution >= 0.6 is 0 Å². The second-order valence-electron chi connectivity index (χ2n) is 6.44. The number of rotatable bonds is 5. The lowest BCUT2D eigenvalue weighted by Gasteiger charge is -2.31. The van der Waals surface area contributed by atoms with Gasteiger partial charge in [0.15, 0.2) is 0 Å². The first-order chi connectivity index (χ1) is 10.4. The van der Waals surface area contributed by atoms with Crippen LogP contribution in [0.4, 0.5) is 0 Å². The van der Waals surface area contributed by atoms with E-state index in [9.17, 15) is 4.79 Å². The number of aryl methyl sites for hydroxylation is 1. The minimum absolute atomic E-state index is 0.0914. The SMILES string of the molecule is Cc1nn(CC(=O)OC(C)C)c(C)c1CN1CCNC(C)C1. The van der Waals surface area contributed by atoms with E-state index in [1.54, 1.807) is 4.68 Å². The predicted molar refractivity (Wildman–Crippen MR) is 85.7 cm³/mol. The van der Waals surface area contributed by atoms with Crippen molar-refractivity contribution in [2.75, 3.05) is 19.6 Å². The molecular weight excluding hydrogens is 280 g/mol. The molecule has 0 bridgehead atoms. The molecule has 0 radical (unpaired) electrons. The first kappa shape index (κ1) is 17.0. The molecule has 1 aliphatic heterocycles. The number of esters is 1. The molecule has 0 amide bonds. The number of carbonyl (C=O) groups excluding carboxylic acids is 1. The van der Waals surface area contributed by atoms with E-state index in [0.717, 1.165) is 37.6 Å². The summed E-state index contributed by atoms with van der Waals surface area (Å²) in [7, 11) is 0. The van der Waals surface area contributed by atoms with E-state index in [1.807, 2.05) is 27.7 Å². The van der Waals surface area contributed by atoms with Crippen LogP contribution in [0.3, 0.4) is 0 Å². The quantitative estimate of drug-likeness (QED) is 0.830. The minimum atomic E-state index is -0.233. The van der Waals surface area contributed by atoms with Crippen molar-refractivity contribution in [1.29, 1.82) is 0 Å². The highest BCUT2D eigenvalue weighted by Crippen LogP contribution is 2.17. The molecule has 0 aliphatic carbocycles. The molecule has 0 spiro atoms. The molecule has 1 unspecified atom stereocenters. The molecule has 6 heteroatoms. The Morgan fingerprint density at radius 2 is 2.18 bits per heavy atom. The molecule has 0 aromatic carbocycles. The average molecular weight is 308 g/mol. The number of piperazine rings is 1. The summed E-state index contributed by atoms with van der Waals surface area (Å²) in [4.78, 5) is 14.3. The van der Waals surface area contributed by atoms with E-state index in [0.29, 0.717) is 6.04 Å². The van der Waals surface area contributed by atoms with E-state index >= 15 is 0 Å². The Balaban J connectivity index is 2.05. The second kappa shape index (κ2) is 7.24. The Morgan fingerprint density at radius 1 is 1.45 bits per heavy atom. The maximum atomic E-state index is 11.8. The zero-order valence-corrected chi connectivity index (χ0v) is 14.3. The van der Waals surface area contributed by atoms with Crippen LogP contribution in [0.1, 0.15) is 37.7 Å². The lowest BCUT2D eigenvalue weighted by molar-refractivity contribution is -0.148. The van der Waals surface area contributed by atoms with Crippen molar-refractivity contribution >= 4 is 5.97 Å². The summed E-state index contributed by atoms with van der Waals surface area (Å²) >= 11 is 0. The summed E-state index contributed by atoms with van der Waals surface area (Å²) in [5.41, 5.74) is 3.29. The Labute approximate surface area is 132 Å². The van der Waals surface area contributed by atoms with Gasteiger partial charge in [-0.25, -0.2) is 0 Å². The molecule has 6 nitrogen and oxygen atoms in total. The predicted octanol–water partition coefficient (Wildman–Crippen LogP) is 1.25. The Hall–Kier alpha value is -1.40. The molecule has 22 heavy (non-hydrogen) atoms. The lowest BCUT2D eigenvalue weighted by atomic mass is 10.1. The van der Waals surface area contributed by atoms with Gasteiger partial charge in [-0.05, 0) is 34.6 Å². The molecule has 1 aromatic rings. The van der Waals surface area contributed by atoms with Crippen molar-refractivity contribution in [2.45, 2.75) is 59.9 Å². The van der Waals surface area contributed by atoms with Crippen LogP contribution < -0.4 is 5.32 Å². The van der Waals surface area contributed by atoms with Crippen LogP contribution in [0.25, 0.3) is 0 Å². The lowest BCUT2D eigenvalue weighted by Crippen LogP contribution is -2.48. The van der Waals surface area contributed by atoms with Gasteiger partial charge in [0.25, 0.3) is 0 Å². The van der Waals surface area contributed by atoms with Crippen LogP contribution in [0.15, 0.2) is 0 Å². The largest absolute Gasteiger partial charge is 0.462 e. The topological polar surface area (TPSA) is 59.4 Å². The van der Waals surface area contributed by atoms with Crippen LogP contribution in [0.2, 0.25) is 0 Å². The van der Waals surface area contributed by atoms with Gasteiger partial charge in [-0.3, -0.25) is 14.4 Å². The molecule has 124 valence electrons. The summed E-state index contributed by atoms with van der Waals surface area (Å²) in [6, 6.07) is 0.519. The zero-order chi connectivity index (χ0) is 16.3. The number of hydrogen-bond donors (Lipinski definition) is 1. The molecule has 1 saturated heterocycles. The number of hydrogen-bond acceptors (Lipinski definition) is 5. The number of carbonyl (C=O) groups is 1. The van der Waals surface area contributed by atoms with Gasteiger partial charge in [-0.2, -0.15) is 5.10 Å². The first-order valence-corrected chi connectivity index (χ1v) is 8.05. The highest BCUT2D eigenvalue weighted by atomic mass is 16.5. The van der Waals surface area contributed by atoms with Crippen molar-refractivity contribution in [3.05, 3.63) is 17.0 Å². The van der Waals surface area contributed by atoms with Gasteiger partial charge < -0.3 is 10.1 Å². The normalized spacial score (nSPS) is 19.6. The number of nitrogens with zero attached hydrogens (tertiary/aromatic N) is 3. The highest BCUT2D eigenvalue weighted by Gasteiger charge is 2.20. The van der Waals surface area contributed by atoms with Crippen LogP contribution in [-0.2, 0) is 22.6 Å². The smallest absolute Gasteiger partial charge is 0.328 e. The third-order valence-corrected chi connectivity index (χ3v) is 4.01. The summed E-state index contributed by atoms with van der Waals surface area (Å²) in [5, 5.41) is 7.97. The van der Waals surface area contributed by atoms with Crippen LogP contribution in [0.5, 0.6) is 0 Å². The summed E-state index contributed by atoms with van der Waals surface area (Å²) in [6.45, 7) is 14.1. The molecule has 1 aromatic heterocycles. The fraction of sp³-hybridized carbons (Fsp3) is 0.750. The molecule has 1 aliphatic rings. The molecule has 1 N–H and O–H groups in total. The van der Waals surface area contributed by atoms with Gasteiger partial charge in [0.1, 0.15) is 6.54 Å². The van der Waals surface area contributed by atoms with E-state index < -0.39 is 0 Å². The van der Waals surface area contributed by atoms with Crippen LogP contribution in [-0.4, -0.2) is 52.4 Å². The van der Waals surface area contributed by atoms with E-state index in [-0.39, 0.29) is 18.6 Å². The van der Waals surface area contributed by atoms with Gasteiger partial charge in [0.05, 0.1) is 11.8 Å². The summed E-state index contributed by atoms with van der Waals surface area (Å²) in [5.74, 6) is -0.233. The Bertz CT molecular complexity index is 524. The third kappa shape index (κ3) is 4.30. The van der Waals surface area contributed by atoms with Crippen molar-refractivity contribution in [1.82, 2.24) is 20.0 Å². The van der Waals surface area contributed by atoms with E-state index in [1.165, 1.54) is 5.56 Å². The van der Waals surface area contributed by atoms with E-state index in [2.05, 4.69) is 22.2 Å². The molecule has 1 fully saturated rings. The average Bonchev–Trinajstić information content (AvgIpc) is 2.65. The fourth-order valence-electron chi connectivity index (χ4n) is 2.92. The monoisotopic (exact) mass is 308 g/mol. The Kier molecular flexibility index (Phi) is 5.58. The number of aromatic nitrogens is 2. The van der Waals surface area contributed by atoms with E-state index in [4.69, 9.17) is 4.74 Å². The van der Waals surface area contributed by atoms with Crippen molar-refractivity contribution in [2.24, 2.45) is 0 Å². The number of ether oxygens (including phenoxy) is 1. The van der Waals surface area contributed by atoms with Gasteiger partial charge >= 0.3 is 5.97 Å². The summed E-state index contributed by atoms with van der Waals surface area (Å²) < 4.78 is 6.97.